The maximum Gasteiger partial charge on any atom is 0.209 e. The topological polar surface area (TPSA) is 43.7 Å². The van der Waals surface area contributed by atoms with E-state index >= 15 is 0 Å². The van der Waals surface area contributed by atoms with Gasteiger partial charge in [-0.25, -0.2) is 9.98 Å². The molecule has 0 unspecified atom stereocenters. The second-order valence-electron chi connectivity index (χ2n) is 5.47. The van der Waals surface area contributed by atoms with Crippen LogP contribution < -0.4 is 9.47 Å². The van der Waals surface area contributed by atoms with Gasteiger partial charge in [0.05, 0.1) is 19.9 Å². The van der Waals surface area contributed by atoms with E-state index in [0.29, 0.717) is 0 Å². The highest BCUT2D eigenvalue weighted by molar-refractivity contribution is 7.15. The molecule has 0 fully saturated rings. The van der Waals surface area contributed by atoms with Crippen LogP contribution in [0.15, 0.2) is 47.5 Å². The largest absolute Gasteiger partial charge is 0.497 e. The fourth-order valence-corrected chi connectivity index (χ4v) is 3.81. The molecule has 120 valence electrons. The van der Waals surface area contributed by atoms with Crippen LogP contribution in [0.25, 0.3) is 11.3 Å². The van der Waals surface area contributed by atoms with Gasteiger partial charge in [-0.1, -0.05) is 23.5 Å². The number of methoxy groups -OCH3 is 2. The van der Waals surface area contributed by atoms with Crippen LogP contribution in [0.4, 0.5) is 5.13 Å². The standard InChI is InChI=1S/C19H16N2O2S/c1-22-14-7-8-15-13(9-14)10-17-18(15)21-19(24-17)20-11-12-5-3-4-6-16(12)23-2/h3-9,11H,10H2,1-2H3. The SMILES string of the molecule is COc1ccc2c(c1)Cc1sc(N=Cc3ccccc3OC)nc1-2. The van der Waals surface area contributed by atoms with Crippen LogP contribution >= 0.6 is 11.3 Å². The Labute approximate surface area is 144 Å². The molecular formula is C19H16N2O2S. The third kappa shape index (κ3) is 2.57. The molecule has 1 aromatic heterocycles. The molecule has 1 heterocycles. The van der Waals surface area contributed by atoms with Gasteiger partial charge < -0.3 is 9.47 Å². The Morgan fingerprint density at radius 1 is 1.12 bits per heavy atom. The number of thiazole rings is 1. The fourth-order valence-electron chi connectivity index (χ4n) is 2.87. The zero-order valence-electron chi connectivity index (χ0n) is 13.4. The Hall–Kier alpha value is -2.66. The van der Waals surface area contributed by atoms with Crippen molar-refractivity contribution in [2.75, 3.05) is 14.2 Å². The number of benzene rings is 2. The van der Waals surface area contributed by atoms with Gasteiger partial charge in [0.25, 0.3) is 0 Å². The fraction of sp³-hybridized carbons (Fsp3) is 0.158. The molecule has 0 saturated heterocycles. The molecule has 0 atom stereocenters. The van der Waals surface area contributed by atoms with Crippen LogP contribution in [-0.2, 0) is 6.42 Å². The highest BCUT2D eigenvalue weighted by Gasteiger charge is 2.23. The van der Waals surface area contributed by atoms with E-state index in [0.717, 1.165) is 34.3 Å². The molecule has 3 aromatic rings. The van der Waals surface area contributed by atoms with Gasteiger partial charge >= 0.3 is 0 Å². The third-order valence-electron chi connectivity index (χ3n) is 4.06. The van der Waals surface area contributed by atoms with E-state index in [9.17, 15) is 0 Å². The molecule has 0 amide bonds. The lowest BCUT2D eigenvalue weighted by atomic mass is 10.1. The van der Waals surface area contributed by atoms with Crippen LogP contribution in [0.5, 0.6) is 11.5 Å². The minimum absolute atomic E-state index is 0.771. The van der Waals surface area contributed by atoms with E-state index in [-0.39, 0.29) is 0 Å². The Bertz CT molecular complexity index is 931. The van der Waals surface area contributed by atoms with E-state index in [1.807, 2.05) is 36.5 Å². The summed E-state index contributed by atoms with van der Waals surface area (Å²) in [5, 5.41) is 0.771. The average molecular weight is 336 g/mol. The molecule has 0 radical (unpaired) electrons. The lowest BCUT2D eigenvalue weighted by Gasteiger charge is -2.03. The Balaban J connectivity index is 1.63. The van der Waals surface area contributed by atoms with Gasteiger partial charge in [-0.15, -0.1) is 0 Å². The van der Waals surface area contributed by atoms with Crippen LogP contribution in [-0.4, -0.2) is 25.4 Å². The highest BCUT2D eigenvalue weighted by atomic mass is 32.1. The molecule has 0 spiro atoms. The monoisotopic (exact) mass is 336 g/mol. The number of aromatic nitrogens is 1. The lowest BCUT2D eigenvalue weighted by molar-refractivity contribution is 0.414. The van der Waals surface area contributed by atoms with Crippen LogP contribution in [0.2, 0.25) is 0 Å². The Kier molecular flexibility index (Phi) is 3.78. The predicted molar refractivity (Wildman–Crippen MR) is 97.2 cm³/mol. The minimum atomic E-state index is 0.771. The van der Waals surface area contributed by atoms with E-state index in [4.69, 9.17) is 14.5 Å². The summed E-state index contributed by atoms with van der Waals surface area (Å²) in [5.74, 6) is 1.70. The molecule has 5 heteroatoms. The lowest BCUT2D eigenvalue weighted by Crippen LogP contribution is -1.89. The number of hydrogen-bond acceptors (Lipinski definition) is 5. The number of aliphatic imine (C=N–C) groups is 1. The zero-order chi connectivity index (χ0) is 16.5. The van der Waals surface area contributed by atoms with E-state index in [1.54, 1.807) is 25.6 Å². The van der Waals surface area contributed by atoms with Gasteiger partial charge in [0.15, 0.2) is 0 Å². The van der Waals surface area contributed by atoms with E-state index in [1.165, 1.54) is 16.0 Å². The van der Waals surface area contributed by atoms with Gasteiger partial charge in [-0.2, -0.15) is 0 Å². The first-order valence-corrected chi connectivity index (χ1v) is 8.44. The first-order chi connectivity index (χ1) is 11.8. The molecule has 4 nitrogen and oxygen atoms in total. The van der Waals surface area contributed by atoms with Crippen molar-refractivity contribution in [3.05, 3.63) is 58.5 Å². The molecule has 2 aromatic carbocycles. The molecule has 1 aliphatic carbocycles. The third-order valence-corrected chi connectivity index (χ3v) is 5.02. The number of hydrogen-bond donors (Lipinski definition) is 0. The smallest absolute Gasteiger partial charge is 0.209 e. The first kappa shape index (κ1) is 14.9. The van der Waals surface area contributed by atoms with Crippen LogP contribution in [0, 0.1) is 0 Å². The highest BCUT2D eigenvalue weighted by Crippen LogP contribution is 2.42. The number of para-hydroxylation sites is 1. The van der Waals surface area contributed by atoms with Gasteiger partial charge in [0.2, 0.25) is 5.13 Å². The van der Waals surface area contributed by atoms with Gasteiger partial charge in [-0.3, -0.25) is 0 Å². The molecule has 0 saturated carbocycles. The van der Waals surface area contributed by atoms with Gasteiger partial charge in [-0.05, 0) is 35.9 Å². The summed E-state index contributed by atoms with van der Waals surface area (Å²) in [5.41, 5.74) is 4.44. The van der Waals surface area contributed by atoms with Gasteiger partial charge in [0.1, 0.15) is 11.5 Å². The average Bonchev–Trinajstić information content (AvgIpc) is 3.16. The maximum atomic E-state index is 5.34. The predicted octanol–water partition coefficient (Wildman–Crippen LogP) is 4.48. The Morgan fingerprint density at radius 3 is 2.83 bits per heavy atom. The minimum Gasteiger partial charge on any atom is -0.497 e. The quantitative estimate of drug-likeness (QED) is 0.516. The Morgan fingerprint density at radius 2 is 2.00 bits per heavy atom. The molecule has 0 aliphatic heterocycles. The van der Waals surface area contributed by atoms with Crippen molar-refractivity contribution in [3.63, 3.8) is 0 Å². The molecule has 0 N–H and O–H groups in total. The van der Waals surface area contributed by atoms with Crippen molar-refractivity contribution in [1.29, 1.82) is 0 Å². The van der Waals surface area contributed by atoms with Crippen molar-refractivity contribution in [3.8, 4) is 22.8 Å². The molecule has 4 rings (SSSR count). The van der Waals surface area contributed by atoms with E-state index in [2.05, 4.69) is 17.1 Å². The van der Waals surface area contributed by atoms with E-state index < -0.39 is 0 Å². The second-order valence-corrected chi connectivity index (χ2v) is 6.53. The summed E-state index contributed by atoms with van der Waals surface area (Å²) in [6, 6.07) is 14.0. The van der Waals surface area contributed by atoms with Crippen molar-refractivity contribution in [1.82, 2.24) is 4.98 Å². The summed E-state index contributed by atoms with van der Waals surface area (Å²) < 4.78 is 10.6. The number of fused-ring (bicyclic) bond motifs is 3. The summed E-state index contributed by atoms with van der Waals surface area (Å²) >= 11 is 1.63. The van der Waals surface area contributed by atoms with Crippen molar-refractivity contribution in [2.45, 2.75) is 6.42 Å². The number of rotatable bonds is 4. The molecule has 0 bridgehead atoms. The maximum absolute atomic E-state index is 5.34. The van der Waals surface area contributed by atoms with Gasteiger partial charge in [0, 0.05) is 28.6 Å². The summed E-state index contributed by atoms with van der Waals surface area (Å²) in [4.78, 5) is 10.5. The van der Waals surface area contributed by atoms with Crippen LogP contribution in [0.1, 0.15) is 16.0 Å². The van der Waals surface area contributed by atoms with Crippen molar-refractivity contribution in [2.24, 2.45) is 4.99 Å². The first-order valence-electron chi connectivity index (χ1n) is 7.62. The number of nitrogens with zero attached hydrogens (tertiary/aromatic N) is 2. The number of ether oxygens (including phenoxy) is 2. The second kappa shape index (κ2) is 6.09. The molecule has 1 aliphatic rings. The van der Waals surface area contributed by atoms with Crippen LogP contribution in [0.3, 0.4) is 0 Å². The zero-order valence-corrected chi connectivity index (χ0v) is 14.3. The molecule has 24 heavy (non-hydrogen) atoms. The summed E-state index contributed by atoms with van der Waals surface area (Å²) in [6.07, 6.45) is 2.70. The normalized spacial score (nSPS) is 12.2. The summed E-state index contributed by atoms with van der Waals surface area (Å²) in [6.45, 7) is 0. The van der Waals surface area contributed by atoms with Crippen molar-refractivity contribution < 1.29 is 9.47 Å². The summed E-state index contributed by atoms with van der Waals surface area (Å²) in [7, 11) is 3.35. The molecular weight excluding hydrogens is 320 g/mol. The van der Waals surface area contributed by atoms with Crippen molar-refractivity contribution >= 4 is 22.7 Å².